The van der Waals surface area contributed by atoms with E-state index in [2.05, 4.69) is 6.92 Å². The van der Waals surface area contributed by atoms with Crippen molar-refractivity contribution in [3.05, 3.63) is 215 Å². The molecule has 6 aromatic rings. The molecule has 0 saturated carbocycles. The molecule has 1 aliphatic heterocycles. The predicted octanol–water partition coefficient (Wildman–Crippen LogP) is 11.1. The summed E-state index contributed by atoms with van der Waals surface area (Å²) in [4.78, 5) is 27.5. The molecule has 350 valence electrons. The van der Waals surface area contributed by atoms with Crippen molar-refractivity contribution >= 4 is 11.9 Å². The maximum absolute atomic E-state index is 13.8. The number of carbonyl (C=O) groups is 2. The number of hydrogen-bond acceptors (Lipinski definition) is 10. The van der Waals surface area contributed by atoms with E-state index in [4.69, 9.17) is 39.3 Å². The van der Waals surface area contributed by atoms with Gasteiger partial charge in [0.15, 0.2) is 6.29 Å². The van der Waals surface area contributed by atoms with Crippen LogP contribution in [0.5, 0.6) is 0 Å². The normalized spacial score (nSPS) is 21.7. The van der Waals surface area contributed by atoms with Crippen molar-refractivity contribution in [2.75, 3.05) is 13.2 Å². The third kappa shape index (κ3) is 15.5. The lowest BCUT2D eigenvalue weighted by Crippen LogP contribution is -2.62. The van der Waals surface area contributed by atoms with Crippen molar-refractivity contribution in [1.82, 2.24) is 0 Å². The van der Waals surface area contributed by atoms with Gasteiger partial charge in [0, 0.05) is 6.42 Å². The summed E-state index contributed by atoms with van der Waals surface area (Å²) >= 11 is 0. The Morgan fingerprint density at radius 1 is 0.493 bits per heavy atom. The van der Waals surface area contributed by atoms with Gasteiger partial charge in [0.05, 0.1) is 56.2 Å². The Morgan fingerprint density at radius 3 is 1.36 bits per heavy atom. The van der Waals surface area contributed by atoms with Crippen LogP contribution in [0.25, 0.3) is 0 Å². The number of esters is 2. The molecule has 7 unspecified atom stereocenters. The Kier molecular flexibility index (Phi) is 17.6. The van der Waals surface area contributed by atoms with E-state index < -0.39 is 81.2 Å². The molecule has 0 aliphatic carbocycles. The number of benzene rings is 6. The van der Waals surface area contributed by atoms with E-state index in [1.807, 2.05) is 36.4 Å². The van der Waals surface area contributed by atoms with E-state index in [9.17, 15) is 13.7 Å². The van der Waals surface area contributed by atoms with Gasteiger partial charge in [-0.1, -0.05) is 177 Å². The first-order valence-electron chi connectivity index (χ1n) is 25.2. The quantitative estimate of drug-likeness (QED) is 0.0385. The minimum absolute atomic E-state index is 0.0241. The molecule has 1 aliphatic rings. The largest absolute Gasteiger partial charge is 0.455 e. The first-order chi connectivity index (χ1) is 34.7. The van der Waals surface area contributed by atoms with Gasteiger partial charge in [-0.25, -0.2) is 9.59 Å². The Labute approximate surface area is 400 Å². The van der Waals surface area contributed by atoms with Crippen LogP contribution < -0.4 is 0 Å². The molecule has 0 spiro atoms. The molecule has 0 N–H and O–H groups in total. The van der Waals surface area contributed by atoms with E-state index in [0.29, 0.717) is 46.2 Å². The number of unbranched alkanes of at least 4 members (excludes halogenated alkanes) is 2. The van der Waals surface area contributed by atoms with Crippen LogP contribution in [0.15, 0.2) is 182 Å². The van der Waals surface area contributed by atoms with E-state index in [-0.39, 0.29) is 19.6 Å². The van der Waals surface area contributed by atoms with Gasteiger partial charge in [-0.05, 0) is 59.4 Å². The summed E-state index contributed by atoms with van der Waals surface area (Å²) in [6, 6.07) is 53.0. The molecule has 10 heteroatoms. The van der Waals surface area contributed by atoms with Crippen LogP contribution in [0.2, 0.25) is 0 Å². The number of carbonyl (C=O) groups excluding carboxylic acids is 2. The van der Waals surface area contributed by atoms with Crippen LogP contribution in [-0.2, 0) is 64.2 Å². The Balaban J connectivity index is 1.25. The van der Waals surface area contributed by atoms with Crippen molar-refractivity contribution in [3.63, 3.8) is 0 Å². The smallest absolute Gasteiger partial charge is 0.338 e. The van der Waals surface area contributed by atoms with E-state index in [1.54, 1.807) is 146 Å². The number of ether oxygens (including phenoxy) is 8. The first kappa shape index (κ1) is 43.6. The monoisotopic (exact) mass is 910 g/mol. The molecule has 0 radical (unpaired) electrons. The van der Waals surface area contributed by atoms with Crippen LogP contribution in [0.3, 0.4) is 0 Å². The highest BCUT2D eigenvalue weighted by atomic mass is 16.7. The standard InChI is InChI=1S/C57H62O10/c1-2-3-10-35-49(65-55(58)47-31-19-8-20-32-47)50(66-56(59)48-33-21-9-22-34-48)36-37-61-57-54(64-41-46-29-17-7-18-30-46)53(63-40-45-27-15-6-16-28-45)52(62-39-44-25-13-5-14-26-44)51(67-57)42-60-38-43-23-11-4-12-24-43/h4-9,11-34,49-54,57H,2-3,10,35-42H2,1H3/t49?,50?,51-,52+,53+,54-,57?/m1/s1/i38D,39D,40D,41D/t38?,39?,40?,41?,49?,50?,51-,52+,53+,54-,57?. The maximum atomic E-state index is 13.8. The third-order valence-corrected chi connectivity index (χ3v) is 11.1. The van der Waals surface area contributed by atoms with Crippen LogP contribution in [0.4, 0.5) is 0 Å². The number of rotatable bonds is 26. The van der Waals surface area contributed by atoms with Crippen molar-refractivity contribution in [2.45, 2.75) is 108 Å². The summed E-state index contributed by atoms with van der Waals surface area (Å²) in [5.41, 5.74) is 2.84. The minimum atomic E-state index is -1.36. The van der Waals surface area contributed by atoms with Crippen LogP contribution in [-0.4, -0.2) is 68.1 Å². The Hall–Kier alpha value is -5.98. The fourth-order valence-corrected chi connectivity index (χ4v) is 7.54. The zero-order valence-electron chi connectivity index (χ0n) is 41.7. The highest BCUT2D eigenvalue weighted by molar-refractivity contribution is 5.90. The topological polar surface area (TPSA) is 108 Å². The maximum Gasteiger partial charge on any atom is 0.338 e. The van der Waals surface area contributed by atoms with E-state index in [0.717, 1.165) is 12.8 Å². The fraction of sp³-hybridized carbons (Fsp3) is 0.333. The molecular weight excluding hydrogens is 845 g/mol. The van der Waals surface area contributed by atoms with Gasteiger partial charge in [-0.15, -0.1) is 0 Å². The van der Waals surface area contributed by atoms with Crippen molar-refractivity contribution < 1.29 is 53.0 Å². The summed E-state index contributed by atoms with van der Waals surface area (Å²) < 4.78 is 88.9. The van der Waals surface area contributed by atoms with Crippen LogP contribution in [0.1, 0.15) is 87.5 Å². The van der Waals surface area contributed by atoms with Crippen molar-refractivity contribution in [1.29, 1.82) is 0 Å². The highest BCUT2D eigenvalue weighted by Crippen LogP contribution is 2.32. The molecule has 1 saturated heterocycles. The summed E-state index contributed by atoms with van der Waals surface area (Å²) in [7, 11) is 0. The van der Waals surface area contributed by atoms with Gasteiger partial charge in [0.1, 0.15) is 36.6 Å². The second kappa shape index (κ2) is 27.0. The summed E-state index contributed by atoms with van der Waals surface area (Å²) in [6.07, 6.45) is -5.19. The Bertz CT molecular complexity index is 2450. The lowest BCUT2D eigenvalue weighted by molar-refractivity contribution is -0.329. The van der Waals surface area contributed by atoms with Gasteiger partial charge < -0.3 is 37.9 Å². The van der Waals surface area contributed by atoms with E-state index >= 15 is 0 Å². The average molecular weight is 911 g/mol. The van der Waals surface area contributed by atoms with Crippen molar-refractivity contribution in [2.24, 2.45) is 0 Å². The van der Waals surface area contributed by atoms with Crippen LogP contribution >= 0.6 is 0 Å². The van der Waals surface area contributed by atoms with Crippen LogP contribution in [0, 0.1) is 0 Å². The third-order valence-electron chi connectivity index (χ3n) is 11.1. The summed E-state index contributed by atoms with van der Waals surface area (Å²) in [5, 5.41) is 0. The zero-order valence-corrected chi connectivity index (χ0v) is 37.7. The molecule has 0 amide bonds. The average Bonchev–Trinajstić information content (AvgIpc) is 3.42. The number of hydrogen-bond donors (Lipinski definition) is 0. The van der Waals surface area contributed by atoms with Gasteiger partial charge in [0.2, 0.25) is 0 Å². The molecular formula is C57H62O10. The summed E-state index contributed by atoms with van der Waals surface area (Å²) in [5.74, 6) is -1.18. The highest BCUT2D eigenvalue weighted by Gasteiger charge is 2.49. The summed E-state index contributed by atoms with van der Waals surface area (Å²) in [6.45, 7) is -3.36. The van der Waals surface area contributed by atoms with Gasteiger partial charge in [-0.3, -0.25) is 0 Å². The molecule has 67 heavy (non-hydrogen) atoms. The van der Waals surface area contributed by atoms with Gasteiger partial charge in [-0.2, -0.15) is 0 Å². The first-order valence-corrected chi connectivity index (χ1v) is 22.9. The van der Waals surface area contributed by atoms with Crippen molar-refractivity contribution in [3.8, 4) is 0 Å². The van der Waals surface area contributed by atoms with Gasteiger partial charge >= 0.3 is 11.9 Å². The SMILES string of the molecule is [2H]C(OC[C@H]1OC(OCCC(OC(=O)c2ccccc2)C(CCCCC)OC(=O)c2ccccc2)[C@H](OC([2H])c2ccccc2)[C@@H](OC([2H])c2ccccc2)[C@H]1OC([2H])c1ccccc1)c1ccccc1. The molecule has 11 atom stereocenters. The predicted molar refractivity (Wildman–Crippen MR) is 256 cm³/mol. The lowest BCUT2D eigenvalue weighted by Gasteiger charge is -2.46. The van der Waals surface area contributed by atoms with E-state index in [1.165, 1.54) is 0 Å². The second-order valence-corrected chi connectivity index (χ2v) is 16.1. The molecule has 0 aromatic heterocycles. The fourth-order valence-electron chi connectivity index (χ4n) is 7.54. The molecule has 7 rings (SSSR count). The molecule has 0 bridgehead atoms. The molecule has 1 heterocycles. The molecule has 1 fully saturated rings. The lowest BCUT2D eigenvalue weighted by atomic mass is 9.97. The van der Waals surface area contributed by atoms with Gasteiger partial charge in [0.25, 0.3) is 0 Å². The molecule has 10 nitrogen and oxygen atoms in total. The Morgan fingerprint density at radius 2 is 0.896 bits per heavy atom. The second-order valence-electron chi connectivity index (χ2n) is 16.1. The minimum Gasteiger partial charge on any atom is -0.455 e. The molecule has 6 aromatic carbocycles. The zero-order chi connectivity index (χ0) is 49.8.